The largest absolute Gasteiger partial charge is 0.396 e. The number of para-hydroxylation sites is 1. The predicted octanol–water partition coefficient (Wildman–Crippen LogP) is 2.77. The molecule has 16 heavy (non-hydrogen) atoms. The van der Waals surface area contributed by atoms with E-state index in [1.165, 1.54) is 10.9 Å². The average Bonchev–Trinajstić information content (AvgIpc) is 2.29. The maximum absolute atomic E-state index is 8.78. The molecule has 1 heterocycles. The summed E-state index contributed by atoms with van der Waals surface area (Å²) in [6, 6.07) is 10.3. The molecule has 0 unspecified atom stereocenters. The number of fused-ring (bicyclic) bond motifs is 1. The van der Waals surface area contributed by atoms with Gasteiger partial charge in [-0.2, -0.15) is 11.8 Å². The SMILES string of the molecule is Cc1cc(CSCCO)c2ccccc2n1. The third-order valence-corrected chi connectivity index (χ3v) is 3.41. The molecule has 0 spiro atoms. The molecule has 0 bridgehead atoms. The molecule has 2 nitrogen and oxygen atoms in total. The van der Waals surface area contributed by atoms with E-state index in [9.17, 15) is 0 Å². The molecule has 0 amide bonds. The van der Waals surface area contributed by atoms with Crippen molar-refractivity contribution in [2.24, 2.45) is 0 Å². The van der Waals surface area contributed by atoms with Gasteiger partial charge in [-0.1, -0.05) is 18.2 Å². The van der Waals surface area contributed by atoms with Crippen molar-refractivity contribution in [2.45, 2.75) is 12.7 Å². The lowest BCUT2D eigenvalue weighted by molar-refractivity contribution is 0.322. The van der Waals surface area contributed by atoms with Crippen molar-refractivity contribution < 1.29 is 5.11 Å². The van der Waals surface area contributed by atoms with Gasteiger partial charge in [0, 0.05) is 22.6 Å². The number of hydrogen-bond donors (Lipinski definition) is 1. The van der Waals surface area contributed by atoms with E-state index >= 15 is 0 Å². The first kappa shape index (κ1) is 11.4. The van der Waals surface area contributed by atoms with Crippen LogP contribution in [0.4, 0.5) is 0 Å². The summed E-state index contributed by atoms with van der Waals surface area (Å²) >= 11 is 1.75. The van der Waals surface area contributed by atoms with Gasteiger partial charge < -0.3 is 5.11 Å². The number of aryl methyl sites for hydroxylation is 1. The molecular formula is C13H15NOS. The molecule has 2 rings (SSSR count). The van der Waals surface area contributed by atoms with Gasteiger partial charge in [0.1, 0.15) is 0 Å². The van der Waals surface area contributed by atoms with E-state index in [2.05, 4.69) is 17.1 Å². The highest BCUT2D eigenvalue weighted by atomic mass is 32.2. The summed E-state index contributed by atoms with van der Waals surface area (Å²) in [5.41, 5.74) is 3.42. The van der Waals surface area contributed by atoms with Crippen molar-refractivity contribution >= 4 is 22.7 Å². The number of rotatable bonds is 4. The van der Waals surface area contributed by atoms with Gasteiger partial charge in [0.15, 0.2) is 0 Å². The Labute approximate surface area is 99.7 Å². The van der Waals surface area contributed by atoms with E-state index in [0.29, 0.717) is 0 Å². The van der Waals surface area contributed by atoms with Crippen molar-refractivity contribution in [1.29, 1.82) is 0 Å². The number of aliphatic hydroxyl groups is 1. The molecule has 0 aliphatic carbocycles. The maximum atomic E-state index is 8.78. The molecule has 2 aromatic rings. The monoisotopic (exact) mass is 233 g/mol. The summed E-state index contributed by atoms with van der Waals surface area (Å²) < 4.78 is 0. The highest BCUT2D eigenvalue weighted by Crippen LogP contribution is 2.22. The van der Waals surface area contributed by atoms with Gasteiger partial charge in [0.2, 0.25) is 0 Å². The van der Waals surface area contributed by atoms with Gasteiger partial charge in [0.05, 0.1) is 12.1 Å². The lowest BCUT2D eigenvalue weighted by atomic mass is 10.1. The molecule has 3 heteroatoms. The Bertz CT molecular complexity index is 484. The molecule has 0 saturated heterocycles. The summed E-state index contributed by atoms with van der Waals surface area (Å²) in [5, 5.41) is 10.00. The quantitative estimate of drug-likeness (QED) is 0.824. The number of benzene rings is 1. The molecule has 0 saturated carbocycles. The van der Waals surface area contributed by atoms with Crippen molar-refractivity contribution in [3.8, 4) is 0 Å². The van der Waals surface area contributed by atoms with Crippen LogP contribution in [0.2, 0.25) is 0 Å². The van der Waals surface area contributed by atoms with Crippen LogP contribution in [0.5, 0.6) is 0 Å². The topological polar surface area (TPSA) is 33.1 Å². The Hall–Kier alpha value is -1.06. The van der Waals surface area contributed by atoms with Crippen LogP contribution in [0.1, 0.15) is 11.3 Å². The smallest absolute Gasteiger partial charge is 0.0708 e. The Balaban J connectivity index is 2.34. The van der Waals surface area contributed by atoms with Gasteiger partial charge >= 0.3 is 0 Å². The number of hydrogen-bond acceptors (Lipinski definition) is 3. The highest BCUT2D eigenvalue weighted by Gasteiger charge is 2.03. The zero-order chi connectivity index (χ0) is 11.4. The second-order valence-corrected chi connectivity index (χ2v) is 4.82. The normalized spacial score (nSPS) is 10.9. The van der Waals surface area contributed by atoms with E-state index in [0.717, 1.165) is 22.7 Å². The standard InChI is InChI=1S/C13H15NOS/c1-10-8-11(9-16-7-6-15)12-4-2-3-5-13(12)14-10/h2-5,8,15H,6-7,9H2,1H3. The minimum absolute atomic E-state index is 0.243. The molecule has 0 fully saturated rings. The molecule has 0 aliphatic rings. The van der Waals surface area contributed by atoms with E-state index in [4.69, 9.17) is 5.11 Å². The maximum Gasteiger partial charge on any atom is 0.0708 e. The van der Waals surface area contributed by atoms with Gasteiger partial charge in [-0.25, -0.2) is 0 Å². The summed E-state index contributed by atoms with van der Waals surface area (Å²) in [5.74, 6) is 1.72. The summed E-state index contributed by atoms with van der Waals surface area (Å²) in [6.45, 7) is 2.26. The lowest BCUT2D eigenvalue weighted by Gasteiger charge is -2.07. The Morgan fingerprint density at radius 1 is 1.31 bits per heavy atom. The molecule has 1 N–H and O–H groups in total. The fourth-order valence-electron chi connectivity index (χ4n) is 1.76. The van der Waals surface area contributed by atoms with Gasteiger partial charge in [0.25, 0.3) is 0 Å². The van der Waals surface area contributed by atoms with Crippen molar-refractivity contribution in [3.05, 3.63) is 41.6 Å². The van der Waals surface area contributed by atoms with Gasteiger partial charge in [-0.15, -0.1) is 0 Å². The highest BCUT2D eigenvalue weighted by molar-refractivity contribution is 7.98. The lowest BCUT2D eigenvalue weighted by Crippen LogP contribution is -1.92. The van der Waals surface area contributed by atoms with Crippen LogP contribution in [0.15, 0.2) is 30.3 Å². The molecular weight excluding hydrogens is 218 g/mol. The van der Waals surface area contributed by atoms with Gasteiger partial charge in [-0.05, 0) is 24.6 Å². The van der Waals surface area contributed by atoms with Crippen molar-refractivity contribution in [2.75, 3.05) is 12.4 Å². The van der Waals surface area contributed by atoms with Gasteiger partial charge in [-0.3, -0.25) is 4.98 Å². The Morgan fingerprint density at radius 2 is 2.12 bits per heavy atom. The number of pyridine rings is 1. The van der Waals surface area contributed by atoms with Crippen molar-refractivity contribution in [3.63, 3.8) is 0 Å². The fourth-order valence-corrected chi connectivity index (χ4v) is 2.49. The van der Waals surface area contributed by atoms with Crippen LogP contribution in [0, 0.1) is 6.92 Å². The summed E-state index contributed by atoms with van der Waals surface area (Å²) in [4.78, 5) is 4.51. The summed E-state index contributed by atoms with van der Waals surface area (Å²) in [7, 11) is 0. The zero-order valence-electron chi connectivity index (χ0n) is 9.31. The first-order valence-corrected chi connectivity index (χ1v) is 6.50. The molecule has 0 radical (unpaired) electrons. The number of thioether (sulfide) groups is 1. The van der Waals surface area contributed by atoms with Crippen molar-refractivity contribution in [1.82, 2.24) is 4.98 Å². The molecule has 84 valence electrons. The van der Waals surface area contributed by atoms with E-state index in [1.54, 1.807) is 11.8 Å². The van der Waals surface area contributed by atoms with Crippen LogP contribution in [-0.2, 0) is 5.75 Å². The van der Waals surface area contributed by atoms with E-state index in [-0.39, 0.29) is 6.61 Å². The molecule has 0 atom stereocenters. The Kier molecular flexibility index (Phi) is 3.80. The van der Waals surface area contributed by atoms with E-state index in [1.807, 2.05) is 25.1 Å². The zero-order valence-corrected chi connectivity index (χ0v) is 10.1. The first-order chi connectivity index (χ1) is 7.81. The number of aliphatic hydroxyl groups excluding tert-OH is 1. The van der Waals surface area contributed by atoms with Crippen LogP contribution in [-0.4, -0.2) is 22.5 Å². The average molecular weight is 233 g/mol. The molecule has 0 aliphatic heterocycles. The van der Waals surface area contributed by atoms with E-state index < -0.39 is 0 Å². The van der Waals surface area contributed by atoms with Crippen LogP contribution < -0.4 is 0 Å². The third-order valence-electron chi connectivity index (χ3n) is 2.42. The minimum Gasteiger partial charge on any atom is -0.396 e. The van der Waals surface area contributed by atoms with Crippen LogP contribution in [0.25, 0.3) is 10.9 Å². The number of aromatic nitrogens is 1. The van der Waals surface area contributed by atoms with Crippen LogP contribution >= 0.6 is 11.8 Å². The molecule has 1 aromatic carbocycles. The minimum atomic E-state index is 0.243. The second kappa shape index (κ2) is 5.32. The molecule has 1 aromatic heterocycles. The first-order valence-electron chi connectivity index (χ1n) is 5.35. The number of nitrogens with zero attached hydrogens (tertiary/aromatic N) is 1. The summed E-state index contributed by atoms with van der Waals surface area (Å²) in [6.07, 6.45) is 0. The predicted molar refractivity (Wildman–Crippen MR) is 69.7 cm³/mol. The second-order valence-electron chi connectivity index (χ2n) is 3.72. The van der Waals surface area contributed by atoms with Crippen LogP contribution in [0.3, 0.4) is 0 Å². The Morgan fingerprint density at radius 3 is 2.94 bits per heavy atom. The fraction of sp³-hybridized carbons (Fsp3) is 0.308. The third kappa shape index (κ3) is 2.54.